The van der Waals surface area contributed by atoms with Crippen molar-refractivity contribution in [2.24, 2.45) is 0 Å². The molecule has 298 valence electrons. The van der Waals surface area contributed by atoms with Crippen LogP contribution in [-0.4, -0.2) is 14.5 Å². The molecule has 2 aliphatic rings. The highest BCUT2D eigenvalue weighted by atomic mass is 32.3. The van der Waals surface area contributed by atoms with Crippen molar-refractivity contribution >= 4 is 31.8 Å². The first-order chi connectivity index (χ1) is 30.3. The zero-order valence-corrected chi connectivity index (χ0v) is 35.4. The Morgan fingerprint density at radius 1 is 0.403 bits per heavy atom. The molecule has 0 saturated heterocycles. The van der Waals surface area contributed by atoms with Crippen molar-refractivity contribution in [2.45, 2.75) is 45.8 Å². The monoisotopic (exact) mass is 819 g/mol. The smallest absolute Gasteiger partial charge is 0.235 e. The second kappa shape index (κ2) is 13.8. The average molecular weight is 820 g/mol. The fraction of sp³-hybridized carbons (Fsp3) is 0.0714. The Bertz CT molecular complexity index is 3360. The number of rotatable bonds is 4. The number of fused-ring (bicyclic) bond motifs is 11. The van der Waals surface area contributed by atoms with E-state index in [0.717, 1.165) is 92.5 Å². The van der Waals surface area contributed by atoms with E-state index in [1.54, 1.807) is 0 Å². The van der Waals surface area contributed by atoms with Crippen LogP contribution in [-0.2, 0) is 5.41 Å². The second-order valence-corrected chi connectivity index (χ2v) is 20.0. The Kier molecular flexibility index (Phi) is 8.12. The van der Waals surface area contributed by atoms with E-state index in [9.17, 15) is 0 Å². The molecule has 1 atom stereocenters. The standard InChI is InChI=1S/C56H41N3O2S/c1-56(2,3)40-19-15-18-37(32-40)38-28-30-53-49(33-38)60-47-24-11-13-26-51(47)62(53)52-27-14-12-25-48(52)61-50-34-39(29-31-54(50)62)44-35-43(36-16-5-4-6-17-36)57-55(58-44)59-45-22-9-7-20-41(45)42-21-8-10-23-46(42)59/h4-35H,1-3H3. The molecular weight excluding hydrogens is 779 g/mol. The number of benzene rings is 8. The fourth-order valence-corrected chi connectivity index (χ4v) is 13.4. The highest BCUT2D eigenvalue weighted by molar-refractivity contribution is 8.34. The summed E-state index contributed by atoms with van der Waals surface area (Å²) < 4.78 is 16.1. The molecule has 5 nitrogen and oxygen atoms in total. The molecule has 0 radical (unpaired) electrons. The van der Waals surface area contributed by atoms with Crippen molar-refractivity contribution in [1.82, 2.24) is 14.5 Å². The van der Waals surface area contributed by atoms with Gasteiger partial charge < -0.3 is 9.47 Å². The van der Waals surface area contributed by atoms with Crippen LogP contribution in [0.1, 0.15) is 26.3 Å². The molecule has 2 aliphatic heterocycles. The van der Waals surface area contributed by atoms with Crippen molar-refractivity contribution in [3.63, 3.8) is 0 Å². The summed E-state index contributed by atoms with van der Waals surface area (Å²) in [5.41, 5.74) is 9.34. The van der Waals surface area contributed by atoms with E-state index in [0.29, 0.717) is 5.95 Å². The molecule has 4 heterocycles. The molecular formula is C56H41N3O2S. The number of para-hydroxylation sites is 4. The van der Waals surface area contributed by atoms with Crippen molar-refractivity contribution in [1.29, 1.82) is 0 Å². The molecule has 0 N–H and O–H groups in total. The first kappa shape index (κ1) is 36.4. The van der Waals surface area contributed by atoms with Gasteiger partial charge in [0.25, 0.3) is 0 Å². The SMILES string of the molecule is CC(C)(C)c1cccc(-c2ccc3c(c2)Oc2ccccc2S32c3ccccc3Oc3cc(-c4cc(-c5ccccc5)nc(-n5c6ccccc6c6ccccc65)n4)ccc32)c1. The van der Waals surface area contributed by atoms with Crippen LogP contribution in [0, 0.1) is 0 Å². The lowest BCUT2D eigenvalue weighted by atomic mass is 9.85. The molecule has 6 heteroatoms. The van der Waals surface area contributed by atoms with Crippen LogP contribution >= 0.6 is 10.0 Å². The van der Waals surface area contributed by atoms with Crippen molar-refractivity contribution < 1.29 is 9.47 Å². The van der Waals surface area contributed by atoms with Gasteiger partial charge >= 0.3 is 0 Å². The minimum Gasteiger partial charge on any atom is -0.455 e. The number of aromatic nitrogens is 3. The fourth-order valence-electron chi connectivity index (χ4n) is 9.29. The topological polar surface area (TPSA) is 49.2 Å². The number of ether oxygens (including phenoxy) is 2. The van der Waals surface area contributed by atoms with Gasteiger partial charge in [0, 0.05) is 41.5 Å². The summed E-state index contributed by atoms with van der Waals surface area (Å²) >= 11 is 0. The Morgan fingerprint density at radius 3 is 1.52 bits per heavy atom. The van der Waals surface area contributed by atoms with E-state index >= 15 is 0 Å². The molecule has 10 aromatic rings. The summed E-state index contributed by atoms with van der Waals surface area (Å²) in [4.78, 5) is 15.2. The highest BCUT2D eigenvalue weighted by Crippen LogP contribution is 2.83. The summed E-state index contributed by atoms with van der Waals surface area (Å²) in [6.07, 6.45) is 0. The van der Waals surface area contributed by atoms with E-state index < -0.39 is 10.0 Å². The van der Waals surface area contributed by atoms with E-state index in [4.69, 9.17) is 19.4 Å². The molecule has 0 fully saturated rings. The second-order valence-electron chi connectivity index (χ2n) is 17.0. The predicted octanol–water partition coefficient (Wildman–Crippen LogP) is 15.4. The van der Waals surface area contributed by atoms with Gasteiger partial charge in [-0.2, -0.15) is 0 Å². The lowest BCUT2D eigenvalue weighted by Crippen LogP contribution is -2.16. The summed E-state index contributed by atoms with van der Waals surface area (Å²) in [6, 6.07) is 68.8. The quantitative estimate of drug-likeness (QED) is 0.177. The van der Waals surface area contributed by atoms with Crippen molar-refractivity contribution in [2.75, 3.05) is 0 Å². The normalized spacial score (nSPS) is 16.0. The van der Waals surface area contributed by atoms with Gasteiger partial charge in [0.2, 0.25) is 5.95 Å². The van der Waals surface area contributed by atoms with Crippen molar-refractivity contribution in [3.05, 3.63) is 200 Å². The van der Waals surface area contributed by atoms with Crippen LogP contribution in [0.2, 0.25) is 0 Å². The van der Waals surface area contributed by atoms with E-state index in [-0.39, 0.29) is 5.41 Å². The number of hydrogen-bond donors (Lipinski definition) is 0. The van der Waals surface area contributed by atoms with Gasteiger partial charge in [-0.05, 0) is 88.8 Å². The van der Waals surface area contributed by atoms with Gasteiger partial charge in [0.05, 0.1) is 22.4 Å². The molecule has 0 aliphatic carbocycles. The van der Waals surface area contributed by atoms with E-state index in [1.165, 1.54) is 11.1 Å². The molecule has 0 bridgehead atoms. The van der Waals surface area contributed by atoms with Crippen LogP contribution in [0.5, 0.6) is 23.0 Å². The zero-order valence-electron chi connectivity index (χ0n) is 34.5. The zero-order chi connectivity index (χ0) is 41.6. The van der Waals surface area contributed by atoms with Gasteiger partial charge in [-0.3, -0.25) is 4.57 Å². The maximum absolute atomic E-state index is 7.00. The van der Waals surface area contributed by atoms with Gasteiger partial charge in [-0.15, -0.1) is 10.0 Å². The third-order valence-corrected chi connectivity index (χ3v) is 16.3. The maximum Gasteiger partial charge on any atom is 0.235 e. The third-order valence-electron chi connectivity index (χ3n) is 12.3. The van der Waals surface area contributed by atoms with Gasteiger partial charge in [0.15, 0.2) is 0 Å². The Balaban J connectivity index is 1.07. The first-order valence-electron chi connectivity index (χ1n) is 21.0. The van der Waals surface area contributed by atoms with Crippen LogP contribution < -0.4 is 9.47 Å². The Hall–Kier alpha value is -7.41. The lowest BCUT2D eigenvalue weighted by molar-refractivity contribution is 0.440. The summed E-state index contributed by atoms with van der Waals surface area (Å²) in [5, 5.41) is 2.32. The van der Waals surface area contributed by atoms with Crippen LogP contribution in [0.4, 0.5) is 0 Å². The molecule has 2 aromatic heterocycles. The molecule has 12 rings (SSSR count). The molecule has 1 spiro atoms. The molecule has 0 amide bonds. The minimum atomic E-state index is -2.10. The molecule has 1 unspecified atom stereocenters. The molecule has 0 saturated carbocycles. The summed E-state index contributed by atoms with van der Waals surface area (Å²) in [7, 11) is -2.10. The maximum atomic E-state index is 7.00. The van der Waals surface area contributed by atoms with E-state index in [2.05, 4.69) is 213 Å². The number of hydrogen-bond acceptors (Lipinski definition) is 4. The predicted molar refractivity (Wildman–Crippen MR) is 252 cm³/mol. The van der Waals surface area contributed by atoms with Crippen LogP contribution in [0.25, 0.3) is 61.4 Å². The molecule has 8 aromatic carbocycles. The van der Waals surface area contributed by atoms with Gasteiger partial charge in [-0.25, -0.2) is 9.97 Å². The average Bonchev–Trinajstić information content (AvgIpc) is 3.65. The van der Waals surface area contributed by atoms with Gasteiger partial charge in [-0.1, -0.05) is 148 Å². The Labute approximate surface area is 362 Å². The van der Waals surface area contributed by atoms with Crippen LogP contribution in [0.3, 0.4) is 0 Å². The first-order valence-corrected chi connectivity index (χ1v) is 22.7. The van der Waals surface area contributed by atoms with E-state index in [1.807, 2.05) is 6.07 Å². The largest absolute Gasteiger partial charge is 0.455 e. The lowest BCUT2D eigenvalue weighted by Gasteiger charge is -2.48. The summed E-state index contributed by atoms with van der Waals surface area (Å²) in [6.45, 7) is 6.78. The summed E-state index contributed by atoms with van der Waals surface area (Å²) in [5.74, 6) is 3.99. The van der Waals surface area contributed by atoms with Crippen molar-refractivity contribution in [3.8, 4) is 62.6 Å². The number of nitrogens with zero attached hydrogens (tertiary/aromatic N) is 3. The van der Waals surface area contributed by atoms with Gasteiger partial charge in [0.1, 0.15) is 23.0 Å². The third kappa shape index (κ3) is 5.57. The minimum absolute atomic E-state index is 0.0315. The highest BCUT2D eigenvalue weighted by Gasteiger charge is 2.46. The van der Waals surface area contributed by atoms with Crippen LogP contribution in [0.15, 0.2) is 214 Å². The molecule has 62 heavy (non-hydrogen) atoms. The Morgan fingerprint density at radius 2 is 0.887 bits per heavy atom.